The van der Waals surface area contributed by atoms with E-state index < -0.39 is 8.24 Å². The zero-order valence-electron chi connectivity index (χ0n) is 16.0. The summed E-state index contributed by atoms with van der Waals surface area (Å²) in [7, 11) is -1.71. The summed E-state index contributed by atoms with van der Waals surface area (Å²) in [6.07, 6.45) is 0. The maximum Gasteiger partial charge on any atom is 0.161 e. The smallest absolute Gasteiger partial charge is 0.161 e. The van der Waals surface area contributed by atoms with Crippen LogP contribution in [-0.2, 0) is 6.54 Å². The largest absolute Gasteiger partial charge is 0.312 e. The van der Waals surface area contributed by atoms with Crippen molar-refractivity contribution in [2.24, 2.45) is 0 Å². The number of hydrogen-bond acceptors (Lipinski definition) is 1. The molecule has 2 atom stereocenters. The van der Waals surface area contributed by atoms with Gasteiger partial charge >= 0.3 is 0 Å². The lowest BCUT2D eigenvalue weighted by atomic mass is 10.2. The van der Waals surface area contributed by atoms with Crippen molar-refractivity contribution >= 4 is 8.24 Å². The summed E-state index contributed by atoms with van der Waals surface area (Å²) in [5.41, 5.74) is 3.55. The minimum atomic E-state index is -1.71. The van der Waals surface area contributed by atoms with Crippen LogP contribution >= 0.6 is 0 Å². The number of benzene rings is 2. The Bertz CT molecular complexity index is 665. The van der Waals surface area contributed by atoms with Crippen molar-refractivity contribution in [1.29, 1.82) is 0 Å². The molecule has 0 bridgehead atoms. The first-order chi connectivity index (χ1) is 11.2. The second-order valence-corrected chi connectivity index (χ2v) is 14.8. The van der Waals surface area contributed by atoms with Gasteiger partial charge < -0.3 is 4.57 Å². The van der Waals surface area contributed by atoms with Crippen LogP contribution in [0.25, 0.3) is 0 Å². The fraction of sp³-hybridized carbons (Fsp3) is 0.455. The Morgan fingerprint density at radius 2 is 1.21 bits per heavy atom. The fourth-order valence-corrected chi connectivity index (χ4v) is 13.2. The van der Waals surface area contributed by atoms with Gasteiger partial charge in [-0.3, -0.25) is 0 Å². The molecule has 2 aromatic carbocycles. The molecule has 1 heterocycles. The normalized spacial score (nSPS) is 23.1. The SMILES string of the molecule is CC(C)(C)[Si]1(C(C)(C)C)C(c2ccccc2)N1Cc1ccccc1. The van der Waals surface area contributed by atoms with Crippen LogP contribution in [0.1, 0.15) is 58.3 Å². The van der Waals surface area contributed by atoms with Crippen LogP contribution in [0.2, 0.25) is 10.1 Å². The van der Waals surface area contributed by atoms with Gasteiger partial charge in [-0.1, -0.05) is 102 Å². The molecule has 2 unspecified atom stereocenters. The summed E-state index contributed by atoms with van der Waals surface area (Å²) < 4.78 is 2.86. The number of hydrogen-bond donors (Lipinski definition) is 0. The van der Waals surface area contributed by atoms with Crippen molar-refractivity contribution in [2.45, 2.75) is 63.8 Å². The van der Waals surface area contributed by atoms with Crippen LogP contribution in [0.15, 0.2) is 60.7 Å². The molecule has 1 fully saturated rings. The minimum Gasteiger partial charge on any atom is -0.312 e. The molecule has 0 spiro atoms. The predicted octanol–water partition coefficient (Wildman–Crippen LogP) is 6.33. The summed E-state index contributed by atoms with van der Waals surface area (Å²) in [6, 6.07) is 22.1. The zero-order valence-corrected chi connectivity index (χ0v) is 17.0. The Balaban J connectivity index is 2.06. The Morgan fingerprint density at radius 1 is 0.750 bits per heavy atom. The quantitative estimate of drug-likeness (QED) is 0.467. The minimum absolute atomic E-state index is 0.334. The molecule has 2 aromatic rings. The number of rotatable bonds is 3. The Morgan fingerprint density at radius 3 is 1.67 bits per heavy atom. The van der Waals surface area contributed by atoms with E-state index in [1.165, 1.54) is 11.1 Å². The van der Waals surface area contributed by atoms with Gasteiger partial charge in [0, 0.05) is 12.2 Å². The zero-order chi connectivity index (χ0) is 17.6. The average molecular weight is 338 g/mol. The molecule has 128 valence electrons. The molecule has 3 rings (SSSR count). The van der Waals surface area contributed by atoms with Gasteiger partial charge in [0.15, 0.2) is 8.24 Å². The van der Waals surface area contributed by atoms with Crippen LogP contribution < -0.4 is 0 Å². The highest BCUT2D eigenvalue weighted by molar-refractivity contribution is 6.91. The van der Waals surface area contributed by atoms with Crippen molar-refractivity contribution in [1.82, 2.24) is 4.57 Å². The van der Waals surface area contributed by atoms with E-state index in [2.05, 4.69) is 107 Å². The van der Waals surface area contributed by atoms with E-state index in [-0.39, 0.29) is 0 Å². The van der Waals surface area contributed by atoms with E-state index in [1.54, 1.807) is 0 Å². The van der Waals surface area contributed by atoms with E-state index in [1.807, 2.05) is 0 Å². The highest BCUT2D eigenvalue weighted by atomic mass is 28.4. The van der Waals surface area contributed by atoms with Crippen LogP contribution in [0.3, 0.4) is 0 Å². The van der Waals surface area contributed by atoms with Crippen LogP contribution in [0.5, 0.6) is 0 Å². The molecule has 1 saturated heterocycles. The highest BCUT2D eigenvalue weighted by Gasteiger charge is 2.75. The predicted molar refractivity (Wildman–Crippen MR) is 106 cm³/mol. The summed E-state index contributed by atoms with van der Waals surface area (Å²) in [4.78, 5) is 0. The van der Waals surface area contributed by atoms with Crippen molar-refractivity contribution < 1.29 is 0 Å². The Hall–Kier alpha value is -1.38. The first-order valence-electron chi connectivity index (χ1n) is 9.05. The molecule has 0 N–H and O–H groups in total. The summed E-state index contributed by atoms with van der Waals surface area (Å²) in [5, 5.41) is 0.668. The molecule has 24 heavy (non-hydrogen) atoms. The maximum absolute atomic E-state index is 2.86. The van der Waals surface area contributed by atoms with E-state index in [0.717, 1.165) is 6.54 Å². The third-order valence-corrected chi connectivity index (χ3v) is 12.8. The molecule has 0 radical (unpaired) electrons. The second kappa shape index (κ2) is 5.85. The van der Waals surface area contributed by atoms with Gasteiger partial charge in [-0.2, -0.15) is 0 Å². The third kappa shape index (κ3) is 2.66. The topological polar surface area (TPSA) is 3.01 Å². The van der Waals surface area contributed by atoms with E-state index in [4.69, 9.17) is 0 Å². The van der Waals surface area contributed by atoms with Gasteiger partial charge in [0.25, 0.3) is 0 Å². The molecular weight excluding hydrogens is 306 g/mol. The van der Waals surface area contributed by atoms with Crippen LogP contribution in [0.4, 0.5) is 0 Å². The molecular formula is C22H31NSi. The lowest BCUT2D eigenvalue weighted by molar-refractivity contribution is 0.511. The number of nitrogens with zero attached hydrogens (tertiary/aromatic N) is 1. The molecule has 0 saturated carbocycles. The molecule has 0 amide bonds. The van der Waals surface area contributed by atoms with E-state index >= 15 is 0 Å². The first-order valence-corrected chi connectivity index (χ1v) is 11.1. The summed E-state index contributed by atoms with van der Waals surface area (Å²) in [5.74, 6) is 0. The van der Waals surface area contributed by atoms with Crippen molar-refractivity contribution in [3.63, 3.8) is 0 Å². The standard InChI is InChI=1S/C22H31NSi/c1-21(2,3)24(22(4,5)6)20(19-15-11-8-12-16-19)23(24)17-18-13-9-7-10-14-18/h7-16,20H,17H2,1-6H3. The van der Waals surface area contributed by atoms with Gasteiger partial charge in [0.1, 0.15) is 0 Å². The third-order valence-electron chi connectivity index (χ3n) is 5.69. The average Bonchev–Trinajstić information content (AvgIpc) is 3.19. The van der Waals surface area contributed by atoms with Crippen molar-refractivity contribution in [3.8, 4) is 0 Å². The monoisotopic (exact) mass is 337 g/mol. The van der Waals surface area contributed by atoms with Crippen LogP contribution in [-0.4, -0.2) is 12.8 Å². The second-order valence-electron chi connectivity index (χ2n) is 9.19. The van der Waals surface area contributed by atoms with Gasteiger partial charge in [0.05, 0.1) is 0 Å². The molecule has 1 nitrogen and oxygen atoms in total. The van der Waals surface area contributed by atoms with E-state index in [0.29, 0.717) is 15.7 Å². The lowest BCUT2D eigenvalue weighted by Gasteiger charge is -2.40. The lowest BCUT2D eigenvalue weighted by Crippen LogP contribution is -2.44. The highest BCUT2D eigenvalue weighted by Crippen LogP contribution is 2.70. The summed E-state index contributed by atoms with van der Waals surface area (Å²) >= 11 is 0. The molecule has 1 aliphatic rings. The van der Waals surface area contributed by atoms with Crippen LogP contribution in [0, 0.1) is 0 Å². The van der Waals surface area contributed by atoms with Crippen molar-refractivity contribution in [3.05, 3.63) is 71.8 Å². The maximum atomic E-state index is 2.86. The van der Waals surface area contributed by atoms with Gasteiger partial charge in [-0.15, -0.1) is 0 Å². The summed E-state index contributed by atoms with van der Waals surface area (Å²) in [6.45, 7) is 15.9. The van der Waals surface area contributed by atoms with E-state index in [9.17, 15) is 0 Å². The molecule has 0 aliphatic carbocycles. The fourth-order valence-electron chi connectivity index (χ4n) is 5.20. The van der Waals surface area contributed by atoms with Gasteiger partial charge in [-0.25, -0.2) is 0 Å². The molecule has 0 aromatic heterocycles. The van der Waals surface area contributed by atoms with Crippen molar-refractivity contribution in [2.75, 3.05) is 0 Å². The first kappa shape index (κ1) is 17.4. The molecule has 2 heteroatoms. The van der Waals surface area contributed by atoms with Gasteiger partial charge in [0.2, 0.25) is 0 Å². The van der Waals surface area contributed by atoms with Gasteiger partial charge in [-0.05, 0) is 21.2 Å². The Labute approximate surface area is 148 Å². The molecule has 1 aliphatic heterocycles. The Kier molecular flexibility index (Phi) is 4.25.